The molecule has 0 aliphatic heterocycles. The summed E-state index contributed by atoms with van der Waals surface area (Å²) in [6, 6.07) is 6.16. The Morgan fingerprint density at radius 1 is 1.53 bits per heavy atom. The van der Waals surface area contributed by atoms with Crippen LogP contribution in [-0.4, -0.2) is 28.7 Å². The molecular formula is C12H15FO3S. The van der Waals surface area contributed by atoms with Crippen LogP contribution in [0.2, 0.25) is 0 Å². The molecule has 1 rings (SSSR count). The minimum absolute atomic E-state index is 0.205. The van der Waals surface area contributed by atoms with Gasteiger partial charge in [-0.2, -0.15) is 0 Å². The molecule has 0 saturated heterocycles. The van der Waals surface area contributed by atoms with Crippen LogP contribution in [0.4, 0.5) is 4.39 Å². The van der Waals surface area contributed by atoms with Gasteiger partial charge in [-0.05, 0) is 18.6 Å². The maximum atomic E-state index is 13.1. The van der Waals surface area contributed by atoms with Gasteiger partial charge in [-0.25, -0.2) is 4.39 Å². The third kappa shape index (κ3) is 4.65. The van der Waals surface area contributed by atoms with Crippen molar-refractivity contribution in [2.24, 2.45) is 0 Å². The predicted molar refractivity (Wildman–Crippen MR) is 66.1 cm³/mol. The van der Waals surface area contributed by atoms with Crippen LogP contribution >= 0.6 is 11.8 Å². The lowest BCUT2D eigenvalue weighted by atomic mass is 10.3. The van der Waals surface area contributed by atoms with Crippen molar-refractivity contribution in [3.8, 4) is 5.75 Å². The first kappa shape index (κ1) is 13.8. The van der Waals surface area contributed by atoms with Gasteiger partial charge in [-0.3, -0.25) is 4.79 Å². The standard InChI is InChI=1S/C12H15FO3S/c1-2-11(12(14)15)17-8-7-16-10-6-4-3-5-9(10)13/h3-6,11H,2,7-8H2,1H3,(H,14,15). The van der Waals surface area contributed by atoms with Crippen molar-refractivity contribution in [2.75, 3.05) is 12.4 Å². The summed E-state index contributed by atoms with van der Waals surface area (Å²) < 4.78 is 18.4. The van der Waals surface area contributed by atoms with Gasteiger partial charge in [0.1, 0.15) is 5.25 Å². The van der Waals surface area contributed by atoms with E-state index in [9.17, 15) is 9.18 Å². The smallest absolute Gasteiger partial charge is 0.316 e. The number of ether oxygens (including phenoxy) is 1. The summed E-state index contributed by atoms with van der Waals surface area (Å²) in [5.74, 6) is -0.485. The molecule has 0 saturated carbocycles. The van der Waals surface area contributed by atoms with E-state index in [-0.39, 0.29) is 5.75 Å². The Balaban J connectivity index is 2.29. The highest BCUT2D eigenvalue weighted by Gasteiger charge is 2.14. The second-order valence-electron chi connectivity index (χ2n) is 3.38. The van der Waals surface area contributed by atoms with Crippen molar-refractivity contribution in [3.05, 3.63) is 30.1 Å². The average Bonchev–Trinajstić information content (AvgIpc) is 2.31. The van der Waals surface area contributed by atoms with E-state index in [1.807, 2.05) is 6.92 Å². The van der Waals surface area contributed by atoms with Gasteiger partial charge in [0.25, 0.3) is 0 Å². The minimum Gasteiger partial charge on any atom is -0.490 e. The van der Waals surface area contributed by atoms with Crippen molar-refractivity contribution >= 4 is 17.7 Å². The Hall–Kier alpha value is -1.23. The number of carboxylic acid groups (broad SMARTS) is 1. The fraction of sp³-hybridized carbons (Fsp3) is 0.417. The number of hydrogen-bond acceptors (Lipinski definition) is 3. The average molecular weight is 258 g/mol. The van der Waals surface area contributed by atoms with Crippen molar-refractivity contribution in [2.45, 2.75) is 18.6 Å². The highest BCUT2D eigenvalue weighted by atomic mass is 32.2. The molecule has 0 radical (unpaired) electrons. The van der Waals surface area contributed by atoms with E-state index >= 15 is 0 Å². The molecule has 0 aliphatic carbocycles. The lowest BCUT2D eigenvalue weighted by Crippen LogP contribution is -2.17. The normalized spacial score (nSPS) is 12.1. The Labute approximate surface area is 104 Å². The number of halogens is 1. The second-order valence-corrected chi connectivity index (χ2v) is 4.70. The van der Waals surface area contributed by atoms with E-state index in [2.05, 4.69) is 0 Å². The molecule has 0 aromatic heterocycles. The van der Waals surface area contributed by atoms with Crippen LogP contribution in [0.5, 0.6) is 5.75 Å². The molecule has 1 aromatic rings. The van der Waals surface area contributed by atoms with Crippen LogP contribution in [-0.2, 0) is 4.79 Å². The number of para-hydroxylation sites is 1. The quantitative estimate of drug-likeness (QED) is 0.764. The first-order chi connectivity index (χ1) is 8.15. The van der Waals surface area contributed by atoms with Crippen LogP contribution in [0.25, 0.3) is 0 Å². The van der Waals surface area contributed by atoms with E-state index in [1.54, 1.807) is 18.2 Å². The summed E-state index contributed by atoms with van der Waals surface area (Å²) in [6.07, 6.45) is 0.569. The molecule has 0 spiro atoms. The minimum atomic E-state index is -0.816. The highest BCUT2D eigenvalue weighted by Crippen LogP contribution is 2.18. The van der Waals surface area contributed by atoms with Crippen molar-refractivity contribution in [3.63, 3.8) is 0 Å². The summed E-state index contributed by atoms with van der Waals surface area (Å²) in [5.41, 5.74) is 0. The topological polar surface area (TPSA) is 46.5 Å². The Kier molecular flexibility index (Phi) is 5.83. The molecule has 0 fully saturated rings. The van der Waals surface area contributed by atoms with Crippen LogP contribution in [0.1, 0.15) is 13.3 Å². The lowest BCUT2D eigenvalue weighted by molar-refractivity contribution is -0.136. The van der Waals surface area contributed by atoms with E-state index in [0.29, 0.717) is 18.8 Å². The zero-order valence-corrected chi connectivity index (χ0v) is 10.4. The van der Waals surface area contributed by atoms with Gasteiger partial charge in [0, 0.05) is 5.75 Å². The van der Waals surface area contributed by atoms with Gasteiger partial charge >= 0.3 is 5.97 Å². The van der Waals surface area contributed by atoms with Crippen LogP contribution in [0.15, 0.2) is 24.3 Å². The first-order valence-electron chi connectivity index (χ1n) is 5.37. The molecule has 1 N–H and O–H groups in total. The molecule has 0 amide bonds. The predicted octanol–water partition coefficient (Wildman–Crippen LogP) is 2.80. The van der Waals surface area contributed by atoms with Gasteiger partial charge in [-0.15, -0.1) is 11.8 Å². The van der Waals surface area contributed by atoms with Crippen molar-refractivity contribution in [1.82, 2.24) is 0 Å². The third-order valence-corrected chi connectivity index (χ3v) is 3.48. The summed E-state index contributed by atoms with van der Waals surface area (Å²) in [7, 11) is 0. The van der Waals surface area contributed by atoms with E-state index in [0.717, 1.165) is 0 Å². The SMILES string of the molecule is CCC(SCCOc1ccccc1F)C(=O)O. The van der Waals surface area contributed by atoms with Crippen molar-refractivity contribution in [1.29, 1.82) is 0 Å². The Morgan fingerprint density at radius 3 is 2.82 bits per heavy atom. The van der Waals surface area contributed by atoms with E-state index in [4.69, 9.17) is 9.84 Å². The Bertz CT molecular complexity index is 371. The maximum Gasteiger partial charge on any atom is 0.316 e. The molecule has 0 bridgehead atoms. The van der Waals surface area contributed by atoms with E-state index < -0.39 is 17.0 Å². The Morgan fingerprint density at radius 2 is 2.24 bits per heavy atom. The van der Waals surface area contributed by atoms with Gasteiger partial charge in [0.05, 0.1) is 6.61 Å². The summed E-state index contributed by atoms with van der Waals surface area (Å²) in [5, 5.41) is 8.39. The molecular weight excluding hydrogens is 243 g/mol. The molecule has 3 nitrogen and oxygen atoms in total. The number of rotatable bonds is 7. The van der Waals surface area contributed by atoms with Crippen LogP contribution < -0.4 is 4.74 Å². The number of carbonyl (C=O) groups is 1. The summed E-state index contributed by atoms with van der Waals surface area (Å²) in [4.78, 5) is 10.7. The molecule has 1 unspecified atom stereocenters. The third-order valence-electron chi connectivity index (χ3n) is 2.14. The number of aliphatic carboxylic acids is 1. The maximum absolute atomic E-state index is 13.1. The molecule has 5 heteroatoms. The van der Waals surface area contributed by atoms with Gasteiger partial charge < -0.3 is 9.84 Å². The number of hydrogen-bond donors (Lipinski definition) is 1. The van der Waals surface area contributed by atoms with Crippen LogP contribution in [0.3, 0.4) is 0 Å². The largest absolute Gasteiger partial charge is 0.490 e. The number of thioether (sulfide) groups is 1. The molecule has 0 heterocycles. The molecule has 1 aromatic carbocycles. The van der Waals surface area contributed by atoms with Crippen LogP contribution in [0, 0.1) is 5.82 Å². The summed E-state index contributed by atoms with van der Waals surface area (Å²) in [6.45, 7) is 2.12. The highest BCUT2D eigenvalue weighted by molar-refractivity contribution is 8.00. The summed E-state index contributed by atoms with van der Waals surface area (Å²) >= 11 is 1.31. The monoisotopic (exact) mass is 258 g/mol. The second kappa shape index (κ2) is 7.17. The zero-order valence-electron chi connectivity index (χ0n) is 9.56. The molecule has 17 heavy (non-hydrogen) atoms. The van der Waals surface area contributed by atoms with Gasteiger partial charge in [0.2, 0.25) is 0 Å². The lowest BCUT2D eigenvalue weighted by Gasteiger charge is -2.10. The van der Waals surface area contributed by atoms with E-state index in [1.165, 1.54) is 17.8 Å². The van der Waals surface area contributed by atoms with Gasteiger partial charge in [0.15, 0.2) is 11.6 Å². The number of carboxylic acids is 1. The molecule has 94 valence electrons. The fourth-order valence-electron chi connectivity index (χ4n) is 1.27. The number of benzene rings is 1. The zero-order chi connectivity index (χ0) is 12.7. The van der Waals surface area contributed by atoms with Gasteiger partial charge in [-0.1, -0.05) is 19.1 Å². The first-order valence-corrected chi connectivity index (χ1v) is 6.41. The fourth-order valence-corrected chi connectivity index (χ4v) is 2.11. The molecule has 0 aliphatic rings. The van der Waals surface area contributed by atoms with Crippen molar-refractivity contribution < 1.29 is 19.0 Å². The molecule has 1 atom stereocenters.